The van der Waals surface area contributed by atoms with E-state index in [1.54, 1.807) is 11.8 Å². The standard InChI is InChI=1S/C15H16N4OS2/c1-21-11-14-17-18-15(20-14)22-10-13-16-7-8-19(13)9-12-5-3-2-4-6-12/h2-8H,9-11H2,1H3. The predicted molar refractivity (Wildman–Crippen MR) is 88.8 cm³/mol. The van der Waals surface area contributed by atoms with Crippen LogP contribution in [0.4, 0.5) is 0 Å². The molecule has 0 amide bonds. The van der Waals surface area contributed by atoms with Crippen LogP contribution in [0.25, 0.3) is 0 Å². The molecule has 0 bridgehead atoms. The molecule has 0 unspecified atom stereocenters. The van der Waals surface area contributed by atoms with Crippen LogP contribution in [-0.4, -0.2) is 26.0 Å². The zero-order valence-corrected chi connectivity index (χ0v) is 13.8. The van der Waals surface area contributed by atoms with Gasteiger partial charge in [-0.25, -0.2) is 4.98 Å². The molecule has 2 heterocycles. The van der Waals surface area contributed by atoms with Crippen LogP contribution in [0, 0.1) is 0 Å². The van der Waals surface area contributed by atoms with Gasteiger partial charge in [-0.1, -0.05) is 42.1 Å². The Kier molecular flexibility index (Phi) is 5.18. The van der Waals surface area contributed by atoms with Crippen LogP contribution in [-0.2, 0) is 18.1 Å². The van der Waals surface area contributed by atoms with Gasteiger partial charge in [0.1, 0.15) is 5.82 Å². The number of rotatable bonds is 7. The van der Waals surface area contributed by atoms with E-state index in [2.05, 4.69) is 31.9 Å². The second-order valence-corrected chi connectivity index (χ2v) is 6.43. The Balaban J connectivity index is 1.62. The van der Waals surface area contributed by atoms with E-state index in [1.165, 1.54) is 17.3 Å². The summed E-state index contributed by atoms with van der Waals surface area (Å²) in [5.74, 6) is 3.12. The highest BCUT2D eigenvalue weighted by atomic mass is 32.2. The second kappa shape index (κ2) is 7.51. The molecule has 2 aromatic heterocycles. The Morgan fingerprint density at radius 2 is 2.00 bits per heavy atom. The molecule has 114 valence electrons. The molecule has 0 aliphatic heterocycles. The van der Waals surface area contributed by atoms with Gasteiger partial charge >= 0.3 is 0 Å². The van der Waals surface area contributed by atoms with Crippen molar-refractivity contribution in [3.63, 3.8) is 0 Å². The minimum atomic E-state index is 0.596. The van der Waals surface area contributed by atoms with E-state index in [9.17, 15) is 0 Å². The number of benzene rings is 1. The van der Waals surface area contributed by atoms with Gasteiger partial charge in [0, 0.05) is 18.9 Å². The van der Waals surface area contributed by atoms with Crippen molar-refractivity contribution in [2.45, 2.75) is 23.3 Å². The summed E-state index contributed by atoms with van der Waals surface area (Å²) in [7, 11) is 0. The molecule has 5 nitrogen and oxygen atoms in total. The quantitative estimate of drug-likeness (QED) is 0.618. The van der Waals surface area contributed by atoms with Crippen molar-refractivity contribution < 1.29 is 4.42 Å². The molecule has 0 fully saturated rings. The first-order valence-electron chi connectivity index (χ1n) is 6.83. The third kappa shape index (κ3) is 3.92. The summed E-state index contributed by atoms with van der Waals surface area (Å²) < 4.78 is 7.70. The zero-order valence-electron chi connectivity index (χ0n) is 12.2. The Hall–Kier alpha value is -1.73. The van der Waals surface area contributed by atoms with Crippen molar-refractivity contribution in [2.75, 3.05) is 6.26 Å². The number of thioether (sulfide) groups is 2. The molecule has 0 spiro atoms. The van der Waals surface area contributed by atoms with E-state index in [0.29, 0.717) is 16.9 Å². The highest BCUT2D eigenvalue weighted by Crippen LogP contribution is 2.22. The van der Waals surface area contributed by atoms with Gasteiger partial charge in [0.2, 0.25) is 5.89 Å². The first-order chi connectivity index (χ1) is 10.8. The minimum absolute atomic E-state index is 0.596. The second-order valence-electron chi connectivity index (χ2n) is 4.64. The number of hydrogen-bond acceptors (Lipinski definition) is 6. The van der Waals surface area contributed by atoms with Gasteiger partial charge in [0.25, 0.3) is 5.22 Å². The van der Waals surface area contributed by atoms with Crippen LogP contribution in [0.3, 0.4) is 0 Å². The van der Waals surface area contributed by atoms with E-state index in [4.69, 9.17) is 4.42 Å². The molecule has 7 heteroatoms. The monoisotopic (exact) mass is 332 g/mol. The van der Waals surface area contributed by atoms with Crippen LogP contribution < -0.4 is 0 Å². The van der Waals surface area contributed by atoms with Gasteiger partial charge in [-0.15, -0.1) is 10.2 Å². The highest BCUT2D eigenvalue weighted by molar-refractivity contribution is 7.98. The van der Waals surface area contributed by atoms with Crippen molar-refractivity contribution in [3.05, 3.63) is 60.0 Å². The Morgan fingerprint density at radius 1 is 1.14 bits per heavy atom. The molecule has 0 N–H and O–H groups in total. The van der Waals surface area contributed by atoms with Crippen molar-refractivity contribution in [1.29, 1.82) is 0 Å². The third-order valence-corrected chi connectivity index (χ3v) is 4.39. The first-order valence-corrected chi connectivity index (χ1v) is 9.21. The molecule has 0 radical (unpaired) electrons. The average molecular weight is 332 g/mol. The maximum atomic E-state index is 5.56. The van der Waals surface area contributed by atoms with E-state index in [1.807, 2.05) is 36.8 Å². The number of aromatic nitrogens is 4. The van der Waals surface area contributed by atoms with Crippen LogP contribution in [0.2, 0.25) is 0 Å². The largest absolute Gasteiger partial charge is 0.415 e. The predicted octanol–water partition coefficient (Wildman–Crippen LogP) is 3.47. The normalized spacial score (nSPS) is 11.0. The van der Waals surface area contributed by atoms with E-state index < -0.39 is 0 Å². The summed E-state index contributed by atoms with van der Waals surface area (Å²) in [4.78, 5) is 4.42. The number of nitrogens with zero attached hydrogens (tertiary/aromatic N) is 4. The molecule has 0 saturated heterocycles. The van der Waals surface area contributed by atoms with Crippen LogP contribution in [0.5, 0.6) is 0 Å². The fraction of sp³-hybridized carbons (Fsp3) is 0.267. The summed E-state index contributed by atoms with van der Waals surface area (Å²) in [6.45, 7) is 0.818. The smallest absolute Gasteiger partial charge is 0.277 e. The molecule has 22 heavy (non-hydrogen) atoms. The lowest BCUT2D eigenvalue weighted by atomic mass is 10.2. The molecule has 1 aromatic carbocycles. The Bertz CT molecular complexity index is 711. The summed E-state index contributed by atoms with van der Waals surface area (Å²) in [6.07, 6.45) is 5.83. The maximum absolute atomic E-state index is 5.56. The van der Waals surface area contributed by atoms with Crippen molar-refractivity contribution in [1.82, 2.24) is 19.7 Å². The van der Waals surface area contributed by atoms with Crippen LogP contribution in [0.1, 0.15) is 17.3 Å². The van der Waals surface area contributed by atoms with E-state index in [0.717, 1.165) is 18.1 Å². The lowest BCUT2D eigenvalue weighted by Gasteiger charge is -2.06. The summed E-state index contributed by atoms with van der Waals surface area (Å²) in [6, 6.07) is 10.3. The van der Waals surface area contributed by atoms with Crippen molar-refractivity contribution in [3.8, 4) is 0 Å². The summed E-state index contributed by atoms with van der Waals surface area (Å²) in [5, 5.41) is 8.65. The maximum Gasteiger partial charge on any atom is 0.277 e. The third-order valence-electron chi connectivity index (χ3n) is 3.04. The van der Waals surface area contributed by atoms with Gasteiger partial charge in [0.05, 0.1) is 11.5 Å². The first kappa shape index (κ1) is 15.2. The summed E-state index contributed by atoms with van der Waals surface area (Å²) >= 11 is 3.18. The lowest BCUT2D eigenvalue weighted by Crippen LogP contribution is -2.03. The molecule has 3 aromatic rings. The van der Waals surface area contributed by atoms with Gasteiger partial charge in [0.15, 0.2) is 0 Å². The fourth-order valence-corrected chi connectivity index (χ4v) is 3.12. The topological polar surface area (TPSA) is 56.7 Å². The van der Waals surface area contributed by atoms with Gasteiger partial charge in [-0.3, -0.25) is 0 Å². The number of hydrogen-bond donors (Lipinski definition) is 0. The molecule has 0 atom stereocenters. The van der Waals surface area contributed by atoms with Crippen molar-refractivity contribution in [2.24, 2.45) is 0 Å². The highest BCUT2D eigenvalue weighted by Gasteiger charge is 2.09. The Labute approximate surface area is 137 Å². The summed E-state index contributed by atoms with van der Waals surface area (Å²) in [5.41, 5.74) is 1.26. The minimum Gasteiger partial charge on any atom is -0.415 e. The van der Waals surface area contributed by atoms with Gasteiger partial charge in [-0.2, -0.15) is 11.8 Å². The molecule has 0 aliphatic rings. The molecular weight excluding hydrogens is 316 g/mol. The Morgan fingerprint density at radius 3 is 2.82 bits per heavy atom. The molecule has 3 rings (SSSR count). The fourth-order valence-electron chi connectivity index (χ4n) is 2.01. The molecule has 0 saturated carbocycles. The molecular formula is C15H16N4OS2. The van der Waals surface area contributed by atoms with Gasteiger partial charge in [-0.05, 0) is 11.8 Å². The number of imidazole rings is 1. The molecule has 0 aliphatic carbocycles. The van der Waals surface area contributed by atoms with E-state index >= 15 is 0 Å². The van der Waals surface area contributed by atoms with Crippen molar-refractivity contribution >= 4 is 23.5 Å². The average Bonchev–Trinajstić information content (AvgIpc) is 3.16. The lowest BCUT2D eigenvalue weighted by molar-refractivity contribution is 0.426. The zero-order chi connectivity index (χ0) is 15.2. The van der Waals surface area contributed by atoms with Crippen LogP contribution in [0.15, 0.2) is 52.4 Å². The van der Waals surface area contributed by atoms with E-state index in [-0.39, 0.29) is 0 Å². The SMILES string of the molecule is CSCc1nnc(SCc2nccn2Cc2ccccc2)o1. The van der Waals surface area contributed by atoms with Crippen LogP contribution >= 0.6 is 23.5 Å². The van der Waals surface area contributed by atoms with Gasteiger partial charge < -0.3 is 8.98 Å².